The third-order valence-electron chi connectivity index (χ3n) is 7.68. The SMILES string of the molecule is CCc1ccccc1N(CC(=O)N(Cc1ccc(C)cc1)[C@@H](Cc1ccccc1)C(=O)NCC(C)C)S(=O)(=O)c1ccccc1. The first-order valence-electron chi connectivity index (χ1n) is 15.4. The smallest absolute Gasteiger partial charge is 0.264 e. The molecular weight excluding hydrogens is 582 g/mol. The van der Waals surface area contributed by atoms with E-state index in [1.54, 1.807) is 30.3 Å². The van der Waals surface area contributed by atoms with E-state index in [0.29, 0.717) is 18.7 Å². The number of sulfonamides is 1. The van der Waals surface area contributed by atoms with Crippen molar-refractivity contribution in [3.05, 3.63) is 131 Å². The third-order valence-corrected chi connectivity index (χ3v) is 9.45. The number of carbonyl (C=O) groups is 2. The Morgan fingerprint density at radius 1 is 0.778 bits per heavy atom. The van der Waals surface area contributed by atoms with Gasteiger partial charge in [0.15, 0.2) is 0 Å². The third kappa shape index (κ3) is 8.82. The molecule has 2 amide bonds. The van der Waals surface area contributed by atoms with E-state index in [1.165, 1.54) is 21.3 Å². The first-order valence-corrected chi connectivity index (χ1v) is 16.9. The Labute approximate surface area is 268 Å². The number of benzene rings is 4. The van der Waals surface area contributed by atoms with Crippen molar-refractivity contribution < 1.29 is 18.0 Å². The van der Waals surface area contributed by atoms with Crippen LogP contribution in [0.25, 0.3) is 0 Å². The van der Waals surface area contributed by atoms with Crippen LogP contribution in [0, 0.1) is 12.8 Å². The Kier molecular flexibility index (Phi) is 11.5. The van der Waals surface area contributed by atoms with E-state index in [2.05, 4.69) is 5.32 Å². The van der Waals surface area contributed by atoms with Gasteiger partial charge in [-0.15, -0.1) is 0 Å². The number of amides is 2. The van der Waals surface area contributed by atoms with Crippen molar-refractivity contribution in [2.45, 2.75) is 58.0 Å². The summed E-state index contributed by atoms with van der Waals surface area (Å²) < 4.78 is 29.6. The summed E-state index contributed by atoms with van der Waals surface area (Å²) in [5, 5.41) is 3.03. The van der Waals surface area contributed by atoms with Gasteiger partial charge in [0.2, 0.25) is 11.8 Å². The molecule has 0 aliphatic rings. The second kappa shape index (κ2) is 15.5. The van der Waals surface area contributed by atoms with Crippen LogP contribution >= 0.6 is 0 Å². The maximum Gasteiger partial charge on any atom is 0.264 e. The predicted molar refractivity (Wildman–Crippen MR) is 180 cm³/mol. The summed E-state index contributed by atoms with van der Waals surface area (Å²) in [4.78, 5) is 30.1. The van der Waals surface area contributed by atoms with Gasteiger partial charge in [0.1, 0.15) is 12.6 Å². The summed E-state index contributed by atoms with van der Waals surface area (Å²) >= 11 is 0. The van der Waals surface area contributed by atoms with Gasteiger partial charge in [-0.1, -0.05) is 117 Å². The zero-order chi connectivity index (χ0) is 32.4. The zero-order valence-corrected chi connectivity index (χ0v) is 27.3. The van der Waals surface area contributed by atoms with Gasteiger partial charge in [-0.3, -0.25) is 13.9 Å². The highest BCUT2D eigenvalue weighted by atomic mass is 32.2. The second-order valence-corrected chi connectivity index (χ2v) is 13.5. The van der Waals surface area contributed by atoms with Crippen molar-refractivity contribution in [1.29, 1.82) is 0 Å². The van der Waals surface area contributed by atoms with Gasteiger partial charge in [0.25, 0.3) is 10.0 Å². The first kappa shape index (κ1) is 33.5. The van der Waals surface area contributed by atoms with E-state index in [0.717, 1.165) is 22.3 Å². The van der Waals surface area contributed by atoms with Crippen molar-refractivity contribution in [3.63, 3.8) is 0 Å². The average Bonchev–Trinajstić information content (AvgIpc) is 3.05. The van der Waals surface area contributed by atoms with Crippen LogP contribution < -0.4 is 9.62 Å². The maximum absolute atomic E-state index is 14.6. The first-order chi connectivity index (χ1) is 21.6. The highest BCUT2D eigenvalue weighted by molar-refractivity contribution is 7.92. The zero-order valence-electron chi connectivity index (χ0n) is 26.5. The minimum Gasteiger partial charge on any atom is -0.354 e. The van der Waals surface area contributed by atoms with Crippen LogP contribution in [-0.2, 0) is 39.0 Å². The molecule has 1 atom stereocenters. The summed E-state index contributed by atoms with van der Waals surface area (Å²) in [5.41, 5.74) is 4.05. The number of nitrogens with zero attached hydrogens (tertiary/aromatic N) is 2. The maximum atomic E-state index is 14.6. The molecule has 0 aliphatic heterocycles. The number of aryl methyl sites for hydroxylation is 2. The fourth-order valence-corrected chi connectivity index (χ4v) is 6.63. The van der Waals surface area contributed by atoms with Crippen LogP contribution in [-0.4, -0.2) is 44.3 Å². The Morgan fingerprint density at radius 3 is 2.00 bits per heavy atom. The van der Waals surface area contributed by atoms with E-state index in [4.69, 9.17) is 0 Å². The van der Waals surface area contributed by atoms with Crippen LogP contribution in [0.2, 0.25) is 0 Å². The van der Waals surface area contributed by atoms with Crippen molar-refractivity contribution >= 4 is 27.5 Å². The number of para-hydroxylation sites is 1. The largest absolute Gasteiger partial charge is 0.354 e. The van der Waals surface area contributed by atoms with E-state index in [-0.39, 0.29) is 29.7 Å². The van der Waals surface area contributed by atoms with Crippen molar-refractivity contribution in [1.82, 2.24) is 10.2 Å². The highest BCUT2D eigenvalue weighted by Crippen LogP contribution is 2.28. The van der Waals surface area contributed by atoms with E-state index in [9.17, 15) is 18.0 Å². The molecule has 0 unspecified atom stereocenters. The second-order valence-electron chi connectivity index (χ2n) is 11.7. The minimum absolute atomic E-state index is 0.0873. The van der Waals surface area contributed by atoms with Crippen molar-refractivity contribution in [2.24, 2.45) is 5.92 Å². The number of hydrogen-bond donors (Lipinski definition) is 1. The lowest BCUT2D eigenvalue weighted by atomic mass is 10.0. The lowest BCUT2D eigenvalue weighted by Crippen LogP contribution is -2.53. The van der Waals surface area contributed by atoms with E-state index >= 15 is 0 Å². The molecule has 236 valence electrons. The molecule has 4 aromatic rings. The molecule has 0 bridgehead atoms. The summed E-state index contributed by atoms with van der Waals surface area (Å²) in [6.45, 7) is 8.09. The number of anilines is 1. The van der Waals surface area contributed by atoms with Crippen molar-refractivity contribution in [2.75, 3.05) is 17.4 Å². The summed E-state index contributed by atoms with van der Waals surface area (Å²) in [6.07, 6.45) is 0.853. The molecule has 0 heterocycles. The van der Waals surface area contributed by atoms with Crippen LogP contribution in [0.5, 0.6) is 0 Å². The molecule has 4 aromatic carbocycles. The van der Waals surface area contributed by atoms with Crippen LogP contribution in [0.4, 0.5) is 5.69 Å². The van der Waals surface area contributed by atoms with Gasteiger partial charge in [-0.25, -0.2) is 8.42 Å². The molecule has 7 nitrogen and oxygen atoms in total. The Morgan fingerprint density at radius 2 is 1.38 bits per heavy atom. The standard InChI is InChI=1S/C37H43N3O4S/c1-5-32-16-12-13-19-34(32)40(45(43,44)33-17-10-7-11-18-33)27-36(41)39(26-31-22-20-29(4)21-23-31)35(37(42)38-25-28(2)3)24-30-14-8-6-9-15-30/h6-23,28,35H,5,24-27H2,1-4H3,(H,38,42)/t35-/m0/s1. The molecule has 1 N–H and O–H groups in total. The van der Waals surface area contributed by atoms with Gasteiger partial charge in [0, 0.05) is 19.5 Å². The quantitative estimate of drug-likeness (QED) is 0.182. The molecule has 8 heteroatoms. The summed E-state index contributed by atoms with van der Waals surface area (Å²) in [7, 11) is -4.13. The number of hydrogen-bond acceptors (Lipinski definition) is 4. The highest BCUT2D eigenvalue weighted by Gasteiger charge is 2.35. The molecule has 0 radical (unpaired) electrons. The normalized spacial score (nSPS) is 12.0. The minimum atomic E-state index is -4.13. The fraction of sp³-hybridized carbons (Fsp3) is 0.297. The molecule has 0 aliphatic carbocycles. The average molecular weight is 626 g/mol. The van der Waals surface area contributed by atoms with Gasteiger partial charge in [-0.05, 0) is 54.2 Å². The Hall–Kier alpha value is -4.43. The summed E-state index contributed by atoms with van der Waals surface area (Å²) in [6, 6.07) is 31.9. The van der Waals surface area contributed by atoms with Gasteiger partial charge >= 0.3 is 0 Å². The number of nitrogens with one attached hydrogen (secondary N) is 1. The lowest BCUT2D eigenvalue weighted by Gasteiger charge is -2.34. The number of rotatable bonds is 14. The van der Waals surface area contributed by atoms with Crippen LogP contribution in [0.1, 0.15) is 43.0 Å². The van der Waals surface area contributed by atoms with Crippen molar-refractivity contribution in [3.8, 4) is 0 Å². The van der Waals surface area contributed by atoms with Crippen LogP contribution in [0.3, 0.4) is 0 Å². The topological polar surface area (TPSA) is 86.8 Å². The monoisotopic (exact) mass is 625 g/mol. The van der Waals surface area contributed by atoms with Gasteiger partial charge in [0.05, 0.1) is 10.6 Å². The molecule has 0 spiro atoms. The molecular formula is C37H43N3O4S. The van der Waals surface area contributed by atoms with Crippen LogP contribution in [0.15, 0.2) is 114 Å². The molecule has 45 heavy (non-hydrogen) atoms. The van der Waals surface area contributed by atoms with Gasteiger partial charge in [-0.2, -0.15) is 0 Å². The lowest BCUT2D eigenvalue weighted by molar-refractivity contribution is -0.140. The molecule has 0 fully saturated rings. The molecule has 0 saturated heterocycles. The van der Waals surface area contributed by atoms with Gasteiger partial charge < -0.3 is 10.2 Å². The predicted octanol–water partition coefficient (Wildman–Crippen LogP) is 6.17. The molecule has 0 saturated carbocycles. The Bertz CT molecular complexity index is 1660. The molecule has 4 rings (SSSR count). The Balaban J connectivity index is 1.81. The number of carbonyl (C=O) groups excluding carboxylic acids is 2. The summed E-state index contributed by atoms with van der Waals surface area (Å²) in [5.74, 6) is -0.536. The van der Waals surface area contributed by atoms with E-state index < -0.39 is 28.5 Å². The van der Waals surface area contributed by atoms with E-state index in [1.807, 2.05) is 94.4 Å². The molecule has 0 aromatic heterocycles. The fourth-order valence-electron chi connectivity index (χ4n) is 5.15.